The predicted molar refractivity (Wildman–Crippen MR) is 58.9 cm³/mol. The molecule has 0 aliphatic heterocycles. The lowest BCUT2D eigenvalue weighted by atomic mass is 10.2. The number of nitriles is 1. The normalized spacial score (nSPS) is 9.50. The van der Waals surface area contributed by atoms with Crippen LogP contribution in [-0.4, -0.2) is 28.9 Å². The van der Waals surface area contributed by atoms with Gasteiger partial charge in [0.1, 0.15) is 6.54 Å². The number of H-pyrrole nitrogens is 1. The second kappa shape index (κ2) is 5.71. The van der Waals surface area contributed by atoms with Gasteiger partial charge < -0.3 is 9.88 Å². The van der Waals surface area contributed by atoms with Gasteiger partial charge in [-0.1, -0.05) is 6.92 Å². The summed E-state index contributed by atoms with van der Waals surface area (Å²) in [5, 5.41) is 8.60. The molecule has 0 aliphatic carbocycles. The van der Waals surface area contributed by atoms with Gasteiger partial charge in [0.15, 0.2) is 0 Å². The van der Waals surface area contributed by atoms with Crippen molar-refractivity contribution in [3.05, 3.63) is 34.2 Å². The topological polar surface area (TPSA) is 77.0 Å². The summed E-state index contributed by atoms with van der Waals surface area (Å²) >= 11 is 0. The van der Waals surface area contributed by atoms with Gasteiger partial charge in [0.05, 0.1) is 6.07 Å². The van der Waals surface area contributed by atoms with E-state index in [0.29, 0.717) is 12.1 Å². The molecular formula is C11H13N3O2. The van der Waals surface area contributed by atoms with E-state index in [0.717, 1.165) is 6.42 Å². The van der Waals surface area contributed by atoms with Crippen LogP contribution in [0.15, 0.2) is 23.1 Å². The summed E-state index contributed by atoms with van der Waals surface area (Å²) in [4.78, 5) is 26.8. The average molecular weight is 219 g/mol. The highest BCUT2D eigenvalue weighted by Crippen LogP contribution is 2.02. The van der Waals surface area contributed by atoms with Crippen molar-refractivity contribution in [3.8, 4) is 6.07 Å². The van der Waals surface area contributed by atoms with E-state index in [1.807, 2.05) is 13.0 Å². The molecule has 0 unspecified atom stereocenters. The fourth-order valence-electron chi connectivity index (χ4n) is 1.37. The summed E-state index contributed by atoms with van der Waals surface area (Å²) in [5.41, 5.74) is -0.00768. The van der Waals surface area contributed by atoms with Crippen molar-refractivity contribution in [1.29, 1.82) is 5.26 Å². The molecule has 0 atom stereocenters. The van der Waals surface area contributed by atoms with Crippen LogP contribution in [0, 0.1) is 11.3 Å². The lowest BCUT2D eigenvalue weighted by Crippen LogP contribution is -2.32. The fraction of sp³-hybridized carbons (Fsp3) is 0.364. The second-order valence-corrected chi connectivity index (χ2v) is 3.33. The van der Waals surface area contributed by atoms with E-state index >= 15 is 0 Å². The van der Waals surface area contributed by atoms with E-state index in [1.54, 1.807) is 0 Å². The summed E-state index contributed by atoms with van der Waals surface area (Å²) < 4.78 is 0. The van der Waals surface area contributed by atoms with Crippen molar-refractivity contribution >= 4 is 5.91 Å². The molecule has 0 radical (unpaired) electrons. The molecule has 1 N–H and O–H groups in total. The number of rotatable bonds is 4. The molecule has 0 saturated carbocycles. The van der Waals surface area contributed by atoms with Gasteiger partial charge in [0, 0.05) is 24.4 Å². The average Bonchev–Trinajstić information content (AvgIpc) is 2.28. The number of aromatic nitrogens is 1. The third-order valence-corrected chi connectivity index (χ3v) is 2.06. The van der Waals surface area contributed by atoms with Gasteiger partial charge in [-0.15, -0.1) is 0 Å². The van der Waals surface area contributed by atoms with Crippen molar-refractivity contribution < 1.29 is 4.79 Å². The van der Waals surface area contributed by atoms with Crippen molar-refractivity contribution in [2.45, 2.75) is 13.3 Å². The molecule has 1 aromatic rings. The molecule has 0 aromatic carbocycles. The maximum Gasteiger partial charge on any atom is 0.254 e. The van der Waals surface area contributed by atoms with Gasteiger partial charge in [-0.05, 0) is 12.5 Å². The number of hydrogen-bond acceptors (Lipinski definition) is 3. The molecule has 0 saturated heterocycles. The Balaban J connectivity index is 2.90. The predicted octanol–water partition coefficient (Wildman–Crippen LogP) is 0.751. The number of amides is 1. The first-order valence-corrected chi connectivity index (χ1v) is 5.04. The Labute approximate surface area is 93.3 Å². The maximum absolute atomic E-state index is 11.9. The first kappa shape index (κ1) is 12.0. The molecule has 5 heteroatoms. The first-order chi connectivity index (χ1) is 7.69. The van der Waals surface area contributed by atoms with Crippen molar-refractivity contribution in [2.75, 3.05) is 13.1 Å². The van der Waals surface area contributed by atoms with Crippen LogP contribution in [0.25, 0.3) is 0 Å². The van der Waals surface area contributed by atoms with Crippen molar-refractivity contribution in [3.63, 3.8) is 0 Å². The zero-order valence-electron chi connectivity index (χ0n) is 9.06. The van der Waals surface area contributed by atoms with E-state index in [4.69, 9.17) is 5.26 Å². The lowest BCUT2D eigenvalue weighted by Gasteiger charge is -2.18. The van der Waals surface area contributed by atoms with Crippen LogP contribution in [0.5, 0.6) is 0 Å². The number of nitrogens with one attached hydrogen (secondary N) is 1. The summed E-state index contributed by atoms with van der Waals surface area (Å²) in [7, 11) is 0. The number of carbonyl (C=O) groups excluding carboxylic acids is 1. The highest BCUT2D eigenvalue weighted by atomic mass is 16.2. The third kappa shape index (κ3) is 2.95. The van der Waals surface area contributed by atoms with Crippen LogP contribution in [0.3, 0.4) is 0 Å². The SMILES string of the molecule is CCCN(CC#N)C(=O)c1cc[nH]c(=O)c1. The van der Waals surface area contributed by atoms with Crippen LogP contribution in [0.2, 0.25) is 0 Å². The van der Waals surface area contributed by atoms with Crippen LogP contribution < -0.4 is 5.56 Å². The molecule has 1 amide bonds. The number of aromatic amines is 1. The van der Waals surface area contributed by atoms with E-state index in [-0.39, 0.29) is 18.0 Å². The zero-order valence-corrected chi connectivity index (χ0v) is 9.06. The lowest BCUT2D eigenvalue weighted by molar-refractivity contribution is 0.0776. The Kier molecular flexibility index (Phi) is 4.28. The summed E-state index contributed by atoms with van der Waals surface area (Å²) in [6.07, 6.45) is 2.20. The number of hydrogen-bond donors (Lipinski definition) is 1. The monoisotopic (exact) mass is 219 g/mol. The minimum atomic E-state index is -0.320. The molecule has 0 fully saturated rings. The van der Waals surface area contributed by atoms with Crippen molar-refractivity contribution in [2.24, 2.45) is 0 Å². The minimum Gasteiger partial charge on any atom is -0.329 e. The van der Waals surface area contributed by atoms with Crippen LogP contribution >= 0.6 is 0 Å². The van der Waals surface area contributed by atoms with Crippen molar-refractivity contribution in [1.82, 2.24) is 9.88 Å². The molecule has 5 nitrogen and oxygen atoms in total. The molecule has 0 spiro atoms. The van der Waals surface area contributed by atoms with Gasteiger partial charge in [0.25, 0.3) is 5.91 Å². The van der Waals surface area contributed by atoms with E-state index in [2.05, 4.69) is 4.98 Å². The summed E-state index contributed by atoms with van der Waals surface area (Å²) in [5.74, 6) is -0.283. The quantitative estimate of drug-likeness (QED) is 0.759. The summed E-state index contributed by atoms with van der Waals surface area (Å²) in [6, 6.07) is 4.71. The van der Waals surface area contributed by atoms with Gasteiger partial charge in [0.2, 0.25) is 5.56 Å². The maximum atomic E-state index is 11.9. The van der Waals surface area contributed by atoms with Gasteiger partial charge >= 0.3 is 0 Å². The van der Waals surface area contributed by atoms with E-state index in [9.17, 15) is 9.59 Å². The number of pyridine rings is 1. The Morgan fingerprint density at radius 3 is 2.94 bits per heavy atom. The highest BCUT2D eigenvalue weighted by molar-refractivity contribution is 5.94. The molecule has 16 heavy (non-hydrogen) atoms. The van der Waals surface area contributed by atoms with Gasteiger partial charge in [-0.2, -0.15) is 5.26 Å². The van der Waals surface area contributed by atoms with Crippen LogP contribution in [0.4, 0.5) is 0 Å². The zero-order chi connectivity index (χ0) is 12.0. The Hall–Kier alpha value is -2.09. The third-order valence-electron chi connectivity index (χ3n) is 2.06. The molecule has 0 bridgehead atoms. The van der Waals surface area contributed by atoms with Crippen LogP contribution in [-0.2, 0) is 0 Å². The number of nitrogens with zero attached hydrogens (tertiary/aromatic N) is 2. The molecule has 84 valence electrons. The molecule has 1 rings (SSSR count). The van der Waals surface area contributed by atoms with E-state index in [1.165, 1.54) is 23.2 Å². The highest BCUT2D eigenvalue weighted by Gasteiger charge is 2.14. The fourth-order valence-corrected chi connectivity index (χ4v) is 1.37. The Morgan fingerprint density at radius 1 is 1.62 bits per heavy atom. The standard InChI is InChI=1S/C11H13N3O2/c1-2-6-14(7-4-12)11(16)9-3-5-13-10(15)8-9/h3,5,8H,2,6-7H2,1H3,(H,13,15). The Morgan fingerprint density at radius 2 is 2.38 bits per heavy atom. The molecule has 1 aromatic heterocycles. The van der Waals surface area contributed by atoms with E-state index < -0.39 is 0 Å². The molecule has 0 aliphatic rings. The molecule has 1 heterocycles. The Bertz CT molecular complexity index is 459. The smallest absolute Gasteiger partial charge is 0.254 e. The largest absolute Gasteiger partial charge is 0.329 e. The number of carbonyl (C=O) groups is 1. The minimum absolute atomic E-state index is 0.0411. The van der Waals surface area contributed by atoms with Crippen LogP contribution in [0.1, 0.15) is 23.7 Å². The second-order valence-electron chi connectivity index (χ2n) is 3.33. The molecular weight excluding hydrogens is 206 g/mol. The first-order valence-electron chi connectivity index (χ1n) is 5.04. The van der Waals surface area contributed by atoms with Gasteiger partial charge in [-0.25, -0.2) is 0 Å². The van der Waals surface area contributed by atoms with Gasteiger partial charge in [-0.3, -0.25) is 9.59 Å². The summed E-state index contributed by atoms with van der Waals surface area (Å²) in [6.45, 7) is 2.48.